The number of hydrogen-bond acceptors (Lipinski definition) is 1. The molecule has 2 aromatic rings. The zero-order valence-electron chi connectivity index (χ0n) is 8.34. The molecule has 0 saturated heterocycles. The van der Waals surface area contributed by atoms with E-state index in [1.54, 1.807) is 6.20 Å². The van der Waals surface area contributed by atoms with Crippen LogP contribution in [0, 0.1) is 6.92 Å². The zero-order chi connectivity index (χ0) is 10.1. The molecule has 1 aromatic carbocycles. The first kappa shape index (κ1) is 9.47. The normalized spacial score (nSPS) is 10.8. The number of pyridine rings is 1. The predicted molar refractivity (Wildman–Crippen MR) is 60.9 cm³/mol. The molecule has 0 fully saturated rings. The molecule has 1 nitrogen and oxygen atoms in total. The molecule has 0 N–H and O–H groups in total. The third-order valence-electron chi connectivity index (χ3n) is 2.41. The third kappa shape index (κ3) is 1.60. The van der Waals surface area contributed by atoms with Crippen LogP contribution in [0.3, 0.4) is 0 Å². The second kappa shape index (κ2) is 3.58. The number of nitrogens with zero attached hydrogens (tertiary/aromatic N) is 1. The molecule has 1 aromatic heterocycles. The summed E-state index contributed by atoms with van der Waals surface area (Å²) in [6.45, 7) is 4.24. The molecule has 72 valence electrons. The molecule has 0 aliphatic carbocycles. The summed E-state index contributed by atoms with van der Waals surface area (Å²) in [6, 6.07) is 6.31. The van der Waals surface area contributed by atoms with Gasteiger partial charge in [0.05, 0.1) is 10.5 Å². The Morgan fingerprint density at radius 3 is 2.79 bits per heavy atom. The van der Waals surface area contributed by atoms with E-state index >= 15 is 0 Å². The summed E-state index contributed by atoms with van der Waals surface area (Å²) in [7, 11) is 0. The van der Waals surface area contributed by atoms with Crippen molar-refractivity contribution in [3.63, 3.8) is 0 Å². The molecule has 0 unspecified atom stereocenters. The van der Waals surface area contributed by atoms with Crippen LogP contribution in [0.2, 0.25) is 5.02 Å². The van der Waals surface area contributed by atoms with Gasteiger partial charge in [0.2, 0.25) is 0 Å². The monoisotopic (exact) mass is 205 g/mol. The number of hydrogen-bond donors (Lipinski definition) is 0. The molecule has 0 amide bonds. The molecule has 2 rings (SSSR count). The van der Waals surface area contributed by atoms with E-state index in [9.17, 15) is 0 Å². The summed E-state index contributed by atoms with van der Waals surface area (Å²) in [5, 5.41) is 1.83. The smallest absolute Gasteiger partial charge is 0.0732 e. The van der Waals surface area contributed by atoms with Crippen molar-refractivity contribution in [3.05, 3.63) is 40.5 Å². The largest absolute Gasteiger partial charge is 0.254 e. The van der Waals surface area contributed by atoms with Gasteiger partial charge in [0, 0.05) is 11.6 Å². The lowest BCUT2D eigenvalue weighted by Gasteiger charge is -2.04. The predicted octanol–water partition coefficient (Wildman–Crippen LogP) is 3.76. The van der Waals surface area contributed by atoms with E-state index in [2.05, 4.69) is 31.0 Å². The second-order valence-electron chi connectivity index (χ2n) is 3.49. The summed E-state index contributed by atoms with van der Waals surface area (Å²) in [5.41, 5.74) is 3.60. The maximum atomic E-state index is 5.90. The molecule has 0 atom stereocenters. The quantitative estimate of drug-likeness (QED) is 0.691. The van der Waals surface area contributed by atoms with Crippen molar-refractivity contribution in [2.75, 3.05) is 0 Å². The molecule has 0 saturated carbocycles. The summed E-state index contributed by atoms with van der Waals surface area (Å²) < 4.78 is 0. The fraction of sp³-hybridized carbons (Fsp3) is 0.250. The van der Waals surface area contributed by atoms with Gasteiger partial charge in [0.15, 0.2) is 0 Å². The first-order valence-electron chi connectivity index (χ1n) is 4.75. The highest BCUT2D eigenvalue weighted by Gasteiger charge is 2.01. The van der Waals surface area contributed by atoms with E-state index < -0.39 is 0 Å². The van der Waals surface area contributed by atoms with Crippen LogP contribution in [0.25, 0.3) is 10.9 Å². The summed E-state index contributed by atoms with van der Waals surface area (Å²) >= 11 is 5.90. The van der Waals surface area contributed by atoms with Crippen molar-refractivity contribution in [3.8, 4) is 0 Å². The van der Waals surface area contributed by atoms with Crippen LogP contribution in [0.5, 0.6) is 0 Å². The lowest BCUT2D eigenvalue weighted by molar-refractivity contribution is 1.14. The summed E-state index contributed by atoms with van der Waals surface area (Å²) in [5.74, 6) is 0. The van der Waals surface area contributed by atoms with Gasteiger partial charge in [-0.15, -0.1) is 0 Å². The van der Waals surface area contributed by atoms with Crippen molar-refractivity contribution < 1.29 is 0 Å². The fourth-order valence-electron chi connectivity index (χ4n) is 1.69. The number of rotatable bonds is 1. The zero-order valence-corrected chi connectivity index (χ0v) is 9.10. The van der Waals surface area contributed by atoms with Gasteiger partial charge in [-0.05, 0) is 36.6 Å². The minimum atomic E-state index is 0.699. The van der Waals surface area contributed by atoms with Gasteiger partial charge in [-0.1, -0.05) is 24.6 Å². The van der Waals surface area contributed by atoms with Gasteiger partial charge in [-0.25, -0.2) is 0 Å². The van der Waals surface area contributed by atoms with Gasteiger partial charge in [-0.2, -0.15) is 0 Å². The van der Waals surface area contributed by atoms with E-state index in [4.69, 9.17) is 11.6 Å². The Hall–Kier alpha value is -1.08. The molecule has 1 heterocycles. The van der Waals surface area contributed by atoms with Crippen molar-refractivity contribution in [1.29, 1.82) is 0 Å². The van der Waals surface area contributed by atoms with Gasteiger partial charge in [-0.3, -0.25) is 4.98 Å². The Morgan fingerprint density at radius 1 is 1.29 bits per heavy atom. The lowest BCUT2D eigenvalue weighted by Crippen LogP contribution is -1.87. The average Bonchev–Trinajstić information content (AvgIpc) is 2.16. The van der Waals surface area contributed by atoms with Gasteiger partial charge < -0.3 is 0 Å². The molecule has 0 spiro atoms. The van der Waals surface area contributed by atoms with Crippen LogP contribution in [-0.4, -0.2) is 4.98 Å². The van der Waals surface area contributed by atoms with Crippen molar-refractivity contribution >= 4 is 22.5 Å². The molecular formula is C12H12ClN. The van der Waals surface area contributed by atoms with E-state index in [0.29, 0.717) is 5.02 Å². The van der Waals surface area contributed by atoms with Crippen LogP contribution >= 0.6 is 11.6 Å². The summed E-state index contributed by atoms with van der Waals surface area (Å²) in [4.78, 5) is 4.32. The number of halogens is 1. The first-order chi connectivity index (χ1) is 6.70. The topological polar surface area (TPSA) is 12.9 Å². The van der Waals surface area contributed by atoms with E-state index in [1.807, 2.05) is 6.07 Å². The number of aromatic nitrogens is 1. The molecule has 0 bridgehead atoms. The van der Waals surface area contributed by atoms with Gasteiger partial charge in [0.25, 0.3) is 0 Å². The van der Waals surface area contributed by atoms with Crippen molar-refractivity contribution in [2.45, 2.75) is 20.3 Å². The average molecular weight is 206 g/mol. The Labute approximate surface area is 88.7 Å². The van der Waals surface area contributed by atoms with Crippen LogP contribution in [0.4, 0.5) is 0 Å². The second-order valence-corrected chi connectivity index (χ2v) is 3.93. The van der Waals surface area contributed by atoms with Crippen LogP contribution in [-0.2, 0) is 6.42 Å². The molecule has 14 heavy (non-hydrogen) atoms. The Kier molecular flexibility index (Phi) is 2.42. The number of aryl methyl sites for hydroxylation is 2. The van der Waals surface area contributed by atoms with Crippen LogP contribution in [0.15, 0.2) is 24.4 Å². The third-order valence-corrected chi connectivity index (χ3v) is 2.62. The standard InChI is InChI=1S/C12H12ClN/c1-3-9-4-8(2)12-10(5-9)6-11(13)7-14-12/h4-7H,3H2,1-2H3. The molecule has 0 aliphatic heterocycles. The first-order valence-corrected chi connectivity index (χ1v) is 5.13. The Balaban J connectivity index is 2.77. The number of benzene rings is 1. The van der Waals surface area contributed by atoms with Crippen molar-refractivity contribution in [2.24, 2.45) is 0 Å². The number of fused-ring (bicyclic) bond motifs is 1. The van der Waals surface area contributed by atoms with E-state index in [0.717, 1.165) is 17.3 Å². The van der Waals surface area contributed by atoms with Gasteiger partial charge >= 0.3 is 0 Å². The SMILES string of the molecule is CCc1cc(C)c2ncc(Cl)cc2c1. The van der Waals surface area contributed by atoms with E-state index in [1.165, 1.54) is 11.1 Å². The highest BCUT2D eigenvalue weighted by molar-refractivity contribution is 6.31. The van der Waals surface area contributed by atoms with E-state index in [-0.39, 0.29) is 0 Å². The van der Waals surface area contributed by atoms with Crippen molar-refractivity contribution in [1.82, 2.24) is 4.98 Å². The Morgan fingerprint density at radius 2 is 2.07 bits per heavy atom. The maximum absolute atomic E-state index is 5.90. The maximum Gasteiger partial charge on any atom is 0.0732 e. The molecule has 2 heteroatoms. The molecule has 0 aliphatic rings. The van der Waals surface area contributed by atoms with Gasteiger partial charge in [0.1, 0.15) is 0 Å². The Bertz CT molecular complexity index is 477. The van der Waals surface area contributed by atoms with Crippen LogP contribution < -0.4 is 0 Å². The highest BCUT2D eigenvalue weighted by Crippen LogP contribution is 2.21. The minimum absolute atomic E-state index is 0.699. The highest BCUT2D eigenvalue weighted by atomic mass is 35.5. The molecular weight excluding hydrogens is 194 g/mol. The summed E-state index contributed by atoms with van der Waals surface area (Å²) in [6.07, 6.45) is 2.74. The van der Waals surface area contributed by atoms with Crippen LogP contribution in [0.1, 0.15) is 18.1 Å². The lowest BCUT2D eigenvalue weighted by atomic mass is 10.0. The fourth-order valence-corrected chi connectivity index (χ4v) is 1.85. The molecule has 0 radical (unpaired) electrons. The minimum Gasteiger partial charge on any atom is -0.254 e.